The van der Waals surface area contributed by atoms with Gasteiger partial charge in [-0.3, -0.25) is 4.98 Å². The predicted octanol–water partition coefficient (Wildman–Crippen LogP) is 5.80. The molecule has 1 aliphatic heterocycles. The van der Waals surface area contributed by atoms with E-state index in [1.807, 2.05) is 0 Å². The lowest BCUT2D eigenvalue weighted by Gasteiger charge is -2.39. The van der Waals surface area contributed by atoms with E-state index in [1.165, 1.54) is 35.2 Å². The van der Waals surface area contributed by atoms with Gasteiger partial charge in [-0.25, -0.2) is 23.4 Å². The van der Waals surface area contributed by atoms with Crippen LogP contribution in [0.5, 0.6) is 0 Å². The average molecular weight is 717 g/mol. The molecular weight excluding hydrogens is 695 g/mol. The fourth-order valence-electron chi connectivity index (χ4n) is 4.30. The number of fused-ring (bicyclic) bond motifs is 1. The lowest BCUT2D eigenvalue weighted by atomic mass is 9.93. The zero-order valence-electron chi connectivity index (χ0n) is 24.2. The molecule has 0 aliphatic carbocycles. The molecule has 0 spiro atoms. The van der Waals surface area contributed by atoms with Crippen molar-refractivity contribution in [2.75, 3.05) is 23.3 Å². The van der Waals surface area contributed by atoms with Crippen molar-refractivity contribution in [2.24, 2.45) is 11.7 Å². The Morgan fingerprint density at radius 1 is 0.857 bits per heavy atom. The number of alkyl halides is 9. The van der Waals surface area contributed by atoms with Gasteiger partial charge in [-0.15, -0.1) is 0 Å². The number of halogens is 11. The van der Waals surface area contributed by atoms with Crippen molar-refractivity contribution >= 4 is 34.8 Å². The Balaban J connectivity index is 0.000000392. The highest BCUT2D eigenvalue weighted by Crippen LogP contribution is 2.37. The number of rotatable bonds is 4. The van der Waals surface area contributed by atoms with Crippen molar-refractivity contribution in [3.8, 4) is 11.3 Å². The summed E-state index contributed by atoms with van der Waals surface area (Å²) in [7, 11) is 0. The largest absolute Gasteiger partial charge is 0.490 e. The highest BCUT2D eigenvalue weighted by molar-refractivity contribution is 5.74. The van der Waals surface area contributed by atoms with Crippen molar-refractivity contribution in [1.82, 2.24) is 19.6 Å². The highest BCUT2D eigenvalue weighted by Gasteiger charge is 2.44. The summed E-state index contributed by atoms with van der Waals surface area (Å²) < 4.78 is 134. The number of hydrogen-bond acceptors (Lipinski definition) is 8. The first kappa shape index (κ1) is 38.2. The molecule has 3 aromatic heterocycles. The van der Waals surface area contributed by atoms with Crippen LogP contribution in [0, 0.1) is 17.6 Å². The summed E-state index contributed by atoms with van der Waals surface area (Å²) >= 11 is 0. The SMILES string of the molecule is N[C@H]1C[C@H](C(F)(F)F)CN(c2ccncc2Nc2ncc3ccc(-c4c(F)cccc4F)nn23)C1.O=C(O)C(F)(F)F.O=C(O)C(F)(F)F. The fraction of sp³-hybridized carbons (Fsp3) is 0.296. The number of aromatic nitrogens is 4. The number of nitrogens with two attached hydrogens (primary N) is 1. The Kier molecular flexibility index (Phi) is 11.6. The number of nitrogens with one attached hydrogen (secondary N) is 1. The molecule has 4 aromatic rings. The van der Waals surface area contributed by atoms with Crippen LogP contribution in [0.2, 0.25) is 0 Å². The summed E-state index contributed by atoms with van der Waals surface area (Å²) in [6.45, 7) is -0.00422. The Morgan fingerprint density at radius 2 is 1.43 bits per heavy atom. The van der Waals surface area contributed by atoms with Crippen molar-refractivity contribution in [3.63, 3.8) is 0 Å². The summed E-state index contributed by atoms with van der Waals surface area (Å²) in [6, 6.07) is 7.56. The number of carboxylic acids is 2. The van der Waals surface area contributed by atoms with Gasteiger partial charge in [0.25, 0.3) is 0 Å². The van der Waals surface area contributed by atoms with Crippen LogP contribution in [0.25, 0.3) is 16.8 Å². The third-order valence-electron chi connectivity index (χ3n) is 6.42. The first-order valence-corrected chi connectivity index (χ1v) is 13.3. The molecule has 11 nitrogen and oxygen atoms in total. The van der Waals surface area contributed by atoms with E-state index in [0.29, 0.717) is 16.9 Å². The molecule has 0 radical (unpaired) electrons. The normalized spacial score (nSPS) is 16.6. The van der Waals surface area contributed by atoms with Gasteiger partial charge in [0.05, 0.1) is 46.5 Å². The van der Waals surface area contributed by atoms with Gasteiger partial charge in [-0.05, 0) is 36.8 Å². The van der Waals surface area contributed by atoms with Crippen molar-refractivity contribution in [1.29, 1.82) is 0 Å². The third kappa shape index (κ3) is 10.1. The molecular formula is C27H22F11N7O4. The minimum atomic E-state index is -5.08. The predicted molar refractivity (Wildman–Crippen MR) is 148 cm³/mol. The maximum atomic E-state index is 14.3. The van der Waals surface area contributed by atoms with Crippen molar-refractivity contribution in [3.05, 3.63) is 66.6 Å². The molecule has 2 atom stereocenters. The molecule has 266 valence electrons. The Morgan fingerprint density at radius 3 is 1.96 bits per heavy atom. The summed E-state index contributed by atoms with van der Waals surface area (Å²) in [5.41, 5.74) is 7.11. The van der Waals surface area contributed by atoms with Crippen LogP contribution in [0.1, 0.15) is 6.42 Å². The topological polar surface area (TPSA) is 159 Å². The first-order valence-electron chi connectivity index (χ1n) is 13.3. The first-order chi connectivity index (χ1) is 22.6. The van der Waals surface area contributed by atoms with Gasteiger partial charge in [0.1, 0.15) is 11.6 Å². The van der Waals surface area contributed by atoms with E-state index in [-0.39, 0.29) is 36.7 Å². The van der Waals surface area contributed by atoms with Crippen LogP contribution < -0.4 is 16.0 Å². The minimum absolute atomic E-state index is 0.0515. The summed E-state index contributed by atoms with van der Waals surface area (Å²) in [5.74, 6) is -8.40. The quantitative estimate of drug-likeness (QED) is 0.190. The second kappa shape index (κ2) is 14.9. The van der Waals surface area contributed by atoms with E-state index in [1.54, 1.807) is 17.0 Å². The number of nitrogens with zero attached hydrogens (tertiary/aromatic N) is 5. The smallest absolute Gasteiger partial charge is 0.475 e. The average Bonchev–Trinajstić information content (AvgIpc) is 3.38. The number of imidazole rings is 1. The van der Waals surface area contributed by atoms with Crippen molar-refractivity contribution in [2.45, 2.75) is 31.0 Å². The third-order valence-corrected chi connectivity index (χ3v) is 6.42. The lowest BCUT2D eigenvalue weighted by Crippen LogP contribution is -2.51. The maximum Gasteiger partial charge on any atom is 0.490 e. The minimum Gasteiger partial charge on any atom is -0.475 e. The number of benzene rings is 1. The molecule has 1 aliphatic rings. The number of piperidine rings is 1. The highest BCUT2D eigenvalue weighted by atomic mass is 19.4. The zero-order chi connectivity index (χ0) is 36.9. The van der Waals surface area contributed by atoms with E-state index in [0.717, 1.165) is 12.1 Å². The van der Waals surface area contributed by atoms with Crippen LogP contribution in [0.15, 0.2) is 55.0 Å². The van der Waals surface area contributed by atoms with Crippen LogP contribution in [0.4, 0.5) is 65.6 Å². The van der Waals surface area contributed by atoms with Gasteiger partial charge in [0.15, 0.2) is 0 Å². The Labute approximate surface area is 266 Å². The Bertz CT molecular complexity index is 1730. The van der Waals surface area contributed by atoms with Gasteiger partial charge in [0, 0.05) is 25.3 Å². The lowest BCUT2D eigenvalue weighted by molar-refractivity contribution is -0.193. The molecule has 0 bridgehead atoms. The number of pyridine rings is 1. The van der Waals surface area contributed by atoms with E-state index >= 15 is 0 Å². The fourth-order valence-corrected chi connectivity index (χ4v) is 4.30. The number of carboxylic acid groups (broad SMARTS) is 2. The van der Waals surface area contributed by atoms with Gasteiger partial charge in [-0.2, -0.15) is 49.1 Å². The van der Waals surface area contributed by atoms with E-state index < -0.39 is 54.1 Å². The van der Waals surface area contributed by atoms with Crippen LogP contribution in [0.3, 0.4) is 0 Å². The van der Waals surface area contributed by atoms with E-state index in [9.17, 15) is 48.3 Å². The van der Waals surface area contributed by atoms with Gasteiger partial charge in [-0.1, -0.05) is 6.07 Å². The standard InChI is InChI=1S/C23H20F5N7.2C2HF3O2/c24-16-2-1-3-17(25)21(16)18-5-4-15-9-31-22(35(15)33-18)32-19-10-30-7-6-20(19)34-11-13(23(26,27)28)8-14(29)12-34;2*3-2(4,5)1(6)7/h1-7,9-10,13-14H,8,11-12,29H2,(H,31,32);2*(H,6,7)/t13-,14-;;/m0../s1. The monoisotopic (exact) mass is 717 g/mol. The second-order valence-corrected chi connectivity index (χ2v) is 10.00. The molecule has 0 saturated carbocycles. The summed E-state index contributed by atoms with van der Waals surface area (Å²) in [5, 5.41) is 21.6. The van der Waals surface area contributed by atoms with Gasteiger partial charge >= 0.3 is 30.5 Å². The summed E-state index contributed by atoms with van der Waals surface area (Å²) in [6.07, 6.45) is -10.2. The summed E-state index contributed by atoms with van der Waals surface area (Å²) in [4.78, 5) is 27.7. The van der Waals surface area contributed by atoms with Crippen LogP contribution >= 0.6 is 0 Å². The van der Waals surface area contributed by atoms with Gasteiger partial charge < -0.3 is 26.2 Å². The number of carbonyl (C=O) groups is 2. The van der Waals surface area contributed by atoms with E-state index in [2.05, 4.69) is 20.4 Å². The molecule has 5 rings (SSSR count). The second-order valence-electron chi connectivity index (χ2n) is 10.00. The van der Waals surface area contributed by atoms with Crippen molar-refractivity contribution < 1.29 is 68.1 Å². The van der Waals surface area contributed by atoms with Crippen LogP contribution in [-0.2, 0) is 9.59 Å². The molecule has 1 saturated heterocycles. The molecule has 5 N–H and O–H groups in total. The molecule has 0 unspecified atom stereocenters. The molecule has 1 aromatic carbocycles. The van der Waals surface area contributed by atoms with E-state index in [4.69, 9.17) is 25.5 Å². The van der Waals surface area contributed by atoms with Gasteiger partial charge in [0.2, 0.25) is 5.95 Å². The van der Waals surface area contributed by atoms with Crippen LogP contribution in [-0.4, -0.2) is 79.4 Å². The number of aliphatic carboxylic acids is 2. The molecule has 0 amide bonds. The number of anilines is 3. The zero-order valence-corrected chi connectivity index (χ0v) is 24.2. The Hall–Kier alpha value is -5.28. The molecule has 49 heavy (non-hydrogen) atoms. The molecule has 4 heterocycles. The molecule has 1 fully saturated rings. The molecule has 22 heteroatoms. The number of hydrogen-bond donors (Lipinski definition) is 4. The maximum absolute atomic E-state index is 14.3.